The molecule has 0 radical (unpaired) electrons. The molecule has 104 valence electrons. The van der Waals surface area contributed by atoms with Gasteiger partial charge in [0.25, 0.3) is 0 Å². The summed E-state index contributed by atoms with van der Waals surface area (Å²) in [5, 5.41) is 7.75. The molecule has 0 saturated carbocycles. The van der Waals surface area contributed by atoms with Gasteiger partial charge in [-0.1, -0.05) is 0 Å². The van der Waals surface area contributed by atoms with Crippen LogP contribution in [0.2, 0.25) is 0 Å². The Hall–Kier alpha value is -0.670. The van der Waals surface area contributed by atoms with E-state index in [1.807, 2.05) is 5.48 Å². The third kappa shape index (κ3) is 4.91. The van der Waals surface area contributed by atoms with Gasteiger partial charge in [-0.15, -0.1) is 0 Å². The minimum Gasteiger partial charge on any atom is -0.378 e. The normalized spacial score (nSPS) is 19.9. The van der Waals surface area contributed by atoms with Crippen molar-refractivity contribution in [3.63, 3.8) is 0 Å². The zero-order valence-corrected chi connectivity index (χ0v) is 10.9. The van der Waals surface area contributed by atoms with Crippen LogP contribution in [0.25, 0.3) is 0 Å². The van der Waals surface area contributed by atoms with Crippen LogP contribution in [0.5, 0.6) is 0 Å². The second kappa shape index (κ2) is 8.44. The maximum absolute atomic E-state index is 11.5. The molecule has 0 aliphatic carbocycles. The zero-order valence-electron chi connectivity index (χ0n) is 10.0. The van der Waals surface area contributed by atoms with E-state index in [9.17, 15) is 9.59 Å². The standard InChI is InChI=1S/C10H18N2O5S/c13-9-7-8(18)10(14)12(9)2-4-17-6-5-16-3-1-11-15/h8,11,15,18H,1-7H2. The molecule has 0 aromatic rings. The molecule has 1 aliphatic rings. The number of hydroxylamine groups is 1. The molecule has 2 amide bonds. The van der Waals surface area contributed by atoms with Crippen LogP contribution < -0.4 is 5.48 Å². The summed E-state index contributed by atoms with van der Waals surface area (Å²) in [7, 11) is 0. The first-order valence-electron chi connectivity index (χ1n) is 5.71. The van der Waals surface area contributed by atoms with Crippen LogP contribution in [0, 0.1) is 0 Å². The van der Waals surface area contributed by atoms with Crippen molar-refractivity contribution >= 4 is 24.4 Å². The van der Waals surface area contributed by atoms with Crippen LogP contribution in [-0.4, -0.2) is 66.7 Å². The van der Waals surface area contributed by atoms with Crippen molar-refractivity contribution in [1.29, 1.82) is 0 Å². The molecule has 1 rings (SSSR count). The average molecular weight is 278 g/mol. The quantitative estimate of drug-likeness (QED) is 0.218. The second-order valence-corrected chi connectivity index (χ2v) is 4.36. The first-order chi connectivity index (χ1) is 8.66. The molecule has 1 unspecified atom stereocenters. The smallest absolute Gasteiger partial charge is 0.242 e. The highest BCUT2D eigenvalue weighted by Crippen LogP contribution is 2.16. The third-order valence-corrected chi connectivity index (χ3v) is 2.81. The summed E-state index contributed by atoms with van der Waals surface area (Å²) in [4.78, 5) is 24.0. The molecule has 1 atom stereocenters. The highest BCUT2D eigenvalue weighted by Gasteiger charge is 2.35. The maximum Gasteiger partial charge on any atom is 0.242 e. The van der Waals surface area contributed by atoms with Crippen molar-refractivity contribution in [2.75, 3.05) is 39.5 Å². The van der Waals surface area contributed by atoms with Gasteiger partial charge in [0.2, 0.25) is 11.8 Å². The topological polar surface area (TPSA) is 88.1 Å². The number of hydrogen-bond acceptors (Lipinski definition) is 7. The Morgan fingerprint density at radius 1 is 1.28 bits per heavy atom. The highest BCUT2D eigenvalue weighted by atomic mass is 32.1. The van der Waals surface area contributed by atoms with Crippen molar-refractivity contribution in [3.05, 3.63) is 0 Å². The van der Waals surface area contributed by atoms with E-state index in [2.05, 4.69) is 12.6 Å². The van der Waals surface area contributed by atoms with E-state index in [1.165, 1.54) is 4.90 Å². The van der Waals surface area contributed by atoms with Crippen molar-refractivity contribution in [3.8, 4) is 0 Å². The van der Waals surface area contributed by atoms with Crippen LogP contribution in [0.1, 0.15) is 6.42 Å². The minimum atomic E-state index is -0.508. The molecule has 0 aromatic carbocycles. The Morgan fingerprint density at radius 3 is 2.50 bits per heavy atom. The van der Waals surface area contributed by atoms with E-state index < -0.39 is 5.25 Å². The average Bonchev–Trinajstić information content (AvgIpc) is 2.58. The van der Waals surface area contributed by atoms with Crippen molar-refractivity contribution in [2.45, 2.75) is 11.7 Å². The Kier molecular flexibility index (Phi) is 7.21. The molecule has 8 heteroatoms. The Bertz CT molecular complexity index is 289. The summed E-state index contributed by atoms with van der Waals surface area (Å²) in [5.41, 5.74) is 1.97. The molecule has 0 bridgehead atoms. The number of likely N-dealkylation sites (tertiary alicyclic amines) is 1. The number of hydrogen-bond donors (Lipinski definition) is 3. The Labute approximate surface area is 111 Å². The monoisotopic (exact) mass is 278 g/mol. The minimum absolute atomic E-state index is 0.166. The Morgan fingerprint density at radius 2 is 1.94 bits per heavy atom. The second-order valence-electron chi connectivity index (χ2n) is 3.74. The fourth-order valence-electron chi connectivity index (χ4n) is 1.50. The van der Waals surface area contributed by atoms with Crippen LogP contribution in [-0.2, 0) is 19.1 Å². The molecule has 1 aliphatic heterocycles. The third-order valence-electron chi connectivity index (χ3n) is 2.41. The van der Waals surface area contributed by atoms with Gasteiger partial charge in [-0.25, -0.2) is 5.48 Å². The van der Waals surface area contributed by atoms with Crippen LogP contribution in [0.15, 0.2) is 0 Å². The lowest BCUT2D eigenvalue weighted by atomic mass is 10.4. The number of nitrogens with zero attached hydrogens (tertiary/aromatic N) is 1. The van der Waals surface area contributed by atoms with E-state index in [1.54, 1.807) is 0 Å². The van der Waals surface area contributed by atoms with Gasteiger partial charge in [-0.2, -0.15) is 12.6 Å². The molecule has 18 heavy (non-hydrogen) atoms. The van der Waals surface area contributed by atoms with Gasteiger partial charge in [0.1, 0.15) is 0 Å². The summed E-state index contributed by atoms with van der Waals surface area (Å²) in [6.45, 7) is 2.08. The SMILES string of the molecule is O=C1CC(S)C(=O)N1CCOCCOCCNO. The summed E-state index contributed by atoms with van der Waals surface area (Å²) in [6, 6.07) is 0. The van der Waals surface area contributed by atoms with Gasteiger partial charge in [0.15, 0.2) is 0 Å². The molecular weight excluding hydrogens is 260 g/mol. The lowest BCUT2D eigenvalue weighted by Crippen LogP contribution is -2.34. The van der Waals surface area contributed by atoms with Gasteiger partial charge in [-0.05, 0) is 0 Å². The lowest BCUT2D eigenvalue weighted by molar-refractivity contribution is -0.139. The number of thiol groups is 1. The Balaban J connectivity index is 2.01. The number of carbonyl (C=O) groups excluding carboxylic acids is 2. The number of ether oxygens (including phenoxy) is 2. The number of imide groups is 1. The van der Waals surface area contributed by atoms with Gasteiger partial charge in [-0.3, -0.25) is 14.5 Å². The summed E-state index contributed by atoms with van der Waals surface area (Å²) in [5.74, 6) is -0.453. The number of rotatable bonds is 9. The van der Waals surface area contributed by atoms with Crippen LogP contribution >= 0.6 is 12.6 Å². The van der Waals surface area contributed by atoms with E-state index in [0.29, 0.717) is 33.0 Å². The van der Waals surface area contributed by atoms with Crippen LogP contribution in [0.4, 0.5) is 0 Å². The molecule has 1 saturated heterocycles. The predicted molar refractivity (Wildman–Crippen MR) is 65.5 cm³/mol. The van der Waals surface area contributed by atoms with E-state index in [0.717, 1.165) is 0 Å². The van der Waals surface area contributed by atoms with Gasteiger partial charge >= 0.3 is 0 Å². The lowest BCUT2D eigenvalue weighted by Gasteiger charge is -2.14. The number of amides is 2. The molecule has 7 nitrogen and oxygen atoms in total. The summed E-state index contributed by atoms with van der Waals surface area (Å²) >= 11 is 4.02. The summed E-state index contributed by atoms with van der Waals surface area (Å²) in [6.07, 6.45) is 0.166. The van der Waals surface area contributed by atoms with Crippen molar-refractivity contribution in [2.24, 2.45) is 0 Å². The highest BCUT2D eigenvalue weighted by molar-refractivity contribution is 7.81. The molecule has 0 aromatic heterocycles. The zero-order chi connectivity index (χ0) is 13.4. The van der Waals surface area contributed by atoms with E-state index in [-0.39, 0.29) is 24.8 Å². The maximum atomic E-state index is 11.5. The fraction of sp³-hybridized carbons (Fsp3) is 0.800. The van der Waals surface area contributed by atoms with Gasteiger partial charge in [0.05, 0.1) is 38.2 Å². The number of carbonyl (C=O) groups is 2. The predicted octanol–water partition coefficient (Wildman–Crippen LogP) is -0.944. The molecule has 1 fully saturated rings. The van der Waals surface area contributed by atoms with Gasteiger partial charge in [0, 0.05) is 13.0 Å². The first kappa shape index (κ1) is 15.4. The largest absolute Gasteiger partial charge is 0.378 e. The summed E-state index contributed by atoms with van der Waals surface area (Å²) < 4.78 is 10.3. The van der Waals surface area contributed by atoms with Crippen LogP contribution in [0.3, 0.4) is 0 Å². The fourth-order valence-corrected chi connectivity index (χ4v) is 1.79. The first-order valence-corrected chi connectivity index (χ1v) is 6.23. The van der Waals surface area contributed by atoms with E-state index in [4.69, 9.17) is 14.7 Å². The van der Waals surface area contributed by atoms with E-state index >= 15 is 0 Å². The molecular formula is C10H18N2O5S. The van der Waals surface area contributed by atoms with Crippen molar-refractivity contribution < 1.29 is 24.3 Å². The molecule has 2 N–H and O–H groups in total. The van der Waals surface area contributed by atoms with Gasteiger partial charge < -0.3 is 14.7 Å². The number of nitrogens with one attached hydrogen (secondary N) is 1. The molecule has 0 spiro atoms. The van der Waals surface area contributed by atoms with Crippen molar-refractivity contribution in [1.82, 2.24) is 10.4 Å². The molecule has 1 heterocycles.